The molecule has 0 heterocycles. The first-order valence-electron chi connectivity index (χ1n) is 7.96. The minimum Gasteiger partial charge on any atom is -0.481 e. The second-order valence-corrected chi connectivity index (χ2v) is 7.80. The van der Waals surface area contributed by atoms with E-state index in [1.807, 2.05) is 0 Å². The third-order valence-electron chi connectivity index (χ3n) is 5.04. The van der Waals surface area contributed by atoms with Crippen molar-refractivity contribution in [1.82, 2.24) is 0 Å². The highest BCUT2D eigenvalue weighted by atomic mass is 19.1. The Morgan fingerprint density at radius 2 is 1.92 bits per heavy atom. The zero-order chi connectivity index (χ0) is 17.9. The molecule has 4 nitrogen and oxygen atoms in total. The molecule has 0 amide bonds. The maximum Gasteiger partial charge on any atom is 0.310 e. The normalized spacial score (nSPS) is 31.5. The fourth-order valence-corrected chi connectivity index (χ4v) is 4.09. The molecule has 2 aliphatic rings. The molecule has 24 heavy (non-hydrogen) atoms. The van der Waals surface area contributed by atoms with Crippen LogP contribution in [0.2, 0.25) is 0 Å². The molecule has 6 heteroatoms. The minimum atomic E-state index is -1.09. The highest BCUT2D eigenvalue weighted by molar-refractivity contribution is 5.84. The largest absolute Gasteiger partial charge is 0.481 e. The first kappa shape index (κ1) is 16.9. The van der Waals surface area contributed by atoms with Gasteiger partial charge >= 0.3 is 11.9 Å². The van der Waals surface area contributed by atoms with E-state index in [1.54, 1.807) is 20.8 Å². The monoisotopic (exact) mass is 338 g/mol. The Balaban J connectivity index is 1.94. The first-order valence-corrected chi connectivity index (χ1v) is 7.96. The summed E-state index contributed by atoms with van der Waals surface area (Å²) >= 11 is 0. The zero-order valence-electron chi connectivity index (χ0n) is 13.8. The average molecular weight is 338 g/mol. The van der Waals surface area contributed by atoms with Crippen molar-refractivity contribution in [2.24, 2.45) is 17.8 Å². The van der Waals surface area contributed by atoms with Gasteiger partial charge in [0.25, 0.3) is 0 Å². The van der Waals surface area contributed by atoms with Gasteiger partial charge < -0.3 is 9.84 Å². The van der Waals surface area contributed by atoms with Gasteiger partial charge in [-0.2, -0.15) is 0 Å². The summed E-state index contributed by atoms with van der Waals surface area (Å²) < 4.78 is 33.1. The summed E-state index contributed by atoms with van der Waals surface area (Å²) in [5.74, 6) is -4.95. The lowest BCUT2D eigenvalue weighted by Crippen LogP contribution is -2.34. The smallest absolute Gasteiger partial charge is 0.310 e. The molecule has 4 atom stereocenters. The lowest BCUT2D eigenvalue weighted by molar-refractivity contribution is -0.166. The Morgan fingerprint density at radius 3 is 2.50 bits per heavy atom. The van der Waals surface area contributed by atoms with Gasteiger partial charge in [-0.05, 0) is 63.3 Å². The summed E-state index contributed by atoms with van der Waals surface area (Å²) in [6.07, 6.45) is 0.619. The molecule has 0 spiro atoms. The number of hydrogen-bond donors (Lipinski definition) is 1. The molecule has 1 aromatic carbocycles. The number of halogens is 2. The molecule has 0 aromatic heterocycles. The predicted octanol–water partition coefficient (Wildman–Crippen LogP) is 3.28. The molecular formula is C18H20F2O4. The molecule has 2 saturated carbocycles. The maximum absolute atomic E-state index is 14.2. The van der Waals surface area contributed by atoms with Crippen LogP contribution in [0.5, 0.6) is 0 Å². The summed E-state index contributed by atoms with van der Waals surface area (Å²) in [5, 5.41) is 9.54. The van der Waals surface area contributed by atoms with Crippen LogP contribution in [-0.2, 0) is 19.7 Å². The quantitative estimate of drug-likeness (QED) is 0.859. The van der Waals surface area contributed by atoms with Crippen molar-refractivity contribution in [3.8, 4) is 0 Å². The highest BCUT2D eigenvalue weighted by Crippen LogP contribution is 2.69. The van der Waals surface area contributed by atoms with E-state index in [0.29, 0.717) is 6.42 Å². The minimum absolute atomic E-state index is 0.171. The van der Waals surface area contributed by atoms with Gasteiger partial charge in [0.15, 0.2) is 0 Å². The van der Waals surface area contributed by atoms with Crippen molar-refractivity contribution in [3.05, 3.63) is 35.4 Å². The molecule has 0 aliphatic heterocycles. The van der Waals surface area contributed by atoms with Gasteiger partial charge in [-0.25, -0.2) is 8.78 Å². The standard InChI is InChI=1S/C18H20F2O4/c1-17(2,3)24-16(23)10-7-18(8-12(18)14(10)15(21)22)11-6-9(19)4-5-13(11)20/h4-6,10,12,14H,7-8H2,1-3H3,(H,21,22)/t10?,12-,14?,18-/m0/s1. The Morgan fingerprint density at radius 1 is 1.25 bits per heavy atom. The van der Waals surface area contributed by atoms with Crippen molar-refractivity contribution in [3.63, 3.8) is 0 Å². The van der Waals surface area contributed by atoms with Crippen LogP contribution in [0, 0.1) is 29.4 Å². The highest BCUT2D eigenvalue weighted by Gasteiger charge is 2.70. The average Bonchev–Trinajstić information content (AvgIpc) is 3.05. The van der Waals surface area contributed by atoms with Crippen molar-refractivity contribution < 1.29 is 28.2 Å². The third-order valence-corrected chi connectivity index (χ3v) is 5.04. The van der Waals surface area contributed by atoms with Gasteiger partial charge in [0, 0.05) is 5.41 Å². The summed E-state index contributed by atoms with van der Waals surface area (Å²) in [6, 6.07) is 3.19. The number of aliphatic carboxylic acids is 1. The Hall–Kier alpha value is -1.98. The van der Waals surface area contributed by atoms with Crippen LogP contribution in [0.4, 0.5) is 8.78 Å². The van der Waals surface area contributed by atoms with E-state index in [4.69, 9.17) is 4.74 Å². The van der Waals surface area contributed by atoms with Gasteiger partial charge in [-0.1, -0.05) is 0 Å². The zero-order valence-corrected chi connectivity index (χ0v) is 13.8. The van der Waals surface area contributed by atoms with Crippen molar-refractivity contribution in [2.75, 3.05) is 0 Å². The molecule has 0 radical (unpaired) electrons. The fourth-order valence-electron chi connectivity index (χ4n) is 4.09. The number of benzene rings is 1. The molecule has 0 saturated heterocycles. The Labute approximate surface area is 138 Å². The van der Waals surface area contributed by atoms with Crippen molar-refractivity contribution >= 4 is 11.9 Å². The second kappa shape index (κ2) is 5.26. The van der Waals surface area contributed by atoms with Crippen LogP contribution in [0.3, 0.4) is 0 Å². The first-order chi connectivity index (χ1) is 11.0. The third kappa shape index (κ3) is 2.68. The topological polar surface area (TPSA) is 63.6 Å². The van der Waals surface area contributed by atoms with E-state index in [-0.39, 0.29) is 17.9 Å². The molecule has 1 N–H and O–H groups in total. The Bertz CT molecular complexity index is 709. The summed E-state index contributed by atoms with van der Waals surface area (Å²) in [6.45, 7) is 5.12. The van der Waals surface area contributed by atoms with Crippen LogP contribution < -0.4 is 0 Å². The van der Waals surface area contributed by atoms with Gasteiger partial charge in [-0.3, -0.25) is 9.59 Å². The number of carboxylic acid groups (broad SMARTS) is 1. The van der Waals surface area contributed by atoms with Gasteiger partial charge in [0.05, 0.1) is 11.8 Å². The van der Waals surface area contributed by atoms with E-state index in [0.717, 1.165) is 18.2 Å². The van der Waals surface area contributed by atoms with Gasteiger partial charge in [0.2, 0.25) is 0 Å². The summed E-state index contributed by atoms with van der Waals surface area (Å²) in [5.41, 5.74) is -1.34. The molecule has 0 bridgehead atoms. The fraction of sp³-hybridized carbons (Fsp3) is 0.556. The Kier molecular flexibility index (Phi) is 3.70. The van der Waals surface area contributed by atoms with Crippen molar-refractivity contribution in [1.29, 1.82) is 0 Å². The molecule has 130 valence electrons. The number of carboxylic acids is 1. The molecule has 3 rings (SSSR count). The number of carbonyl (C=O) groups excluding carboxylic acids is 1. The van der Waals surface area contributed by atoms with E-state index in [9.17, 15) is 23.5 Å². The lowest BCUT2D eigenvalue weighted by Gasteiger charge is -2.25. The predicted molar refractivity (Wildman–Crippen MR) is 81.2 cm³/mol. The van der Waals surface area contributed by atoms with Crippen LogP contribution >= 0.6 is 0 Å². The number of esters is 1. The van der Waals surface area contributed by atoms with E-state index in [2.05, 4.69) is 0 Å². The number of ether oxygens (including phenoxy) is 1. The molecule has 2 aliphatic carbocycles. The van der Waals surface area contributed by atoms with Crippen LogP contribution in [-0.4, -0.2) is 22.6 Å². The molecule has 1 aromatic rings. The van der Waals surface area contributed by atoms with Crippen molar-refractivity contribution in [2.45, 2.75) is 44.6 Å². The van der Waals surface area contributed by atoms with Crippen LogP contribution in [0.1, 0.15) is 39.2 Å². The lowest BCUT2D eigenvalue weighted by atomic mass is 9.88. The van der Waals surface area contributed by atoms with Gasteiger partial charge in [-0.15, -0.1) is 0 Å². The maximum atomic E-state index is 14.2. The molecule has 2 fully saturated rings. The number of rotatable bonds is 3. The van der Waals surface area contributed by atoms with E-state index < -0.39 is 46.4 Å². The SMILES string of the molecule is CC(C)(C)OC(=O)C1C[C@@]2(c3cc(F)ccc3F)C[C@H]2C1C(=O)O. The van der Waals surface area contributed by atoms with Gasteiger partial charge in [0.1, 0.15) is 17.2 Å². The van der Waals surface area contributed by atoms with Crippen LogP contribution in [0.25, 0.3) is 0 Å². The van der Waals surface area contributed by atoms with E-state index >= 15 is 0 Å². The number of fused-ring (bicyclic) bond motifs is 1. The second-order valence-electron chi connectivity index (χ2n) is 7.80. The number of hydrogen-bond acceptors (Lipinski definition) is 3. The molecule has 2 unspecified atom stereocenters. The summed E-state index contributed by atoms with van der Waals surface area (Å²) in [4.78, 5) is 24.1. The number of carbonyl (C=O) groups is 2. The van der Waals surface area contributed by atoms with Crippen LogP contribution in [0.15, 0.2) is 18.2 Å². The van der Waals surface area contributed by atoms with E-state index in [1.165, 1.54) is 0 Å². The summed E-state index contributed by atoms with van der Waals surface area (Å²) in [7, 11) is 0. The molecular weight excluding hydrogens is 318 g/mol.